The van der Waals surface area contributed by atoms with Crippen molar-refractivity contribution in [1.29, 1.82) is 0 Å². The van der Waals surface area contributed by atoms with Crippen LogP contribution in [0.4, 0.5) is 0 Å². The standard InChI is InChI=1S/C18H22N2O/c21-15-18(12-16-6-2-1-3-7-16)9-5-11-20(18)14-17-8-4-10-19-13-17/h1-4,6-8,10,13,21H,5,9,11-12,14-15H2. The number of aromatic nitrogens is 1. The fourth-order valence-corrected chi connectivity index (χ4v) is 3.36. The minimum absolute atomic E-state index is 0.128. The van der Waals surface area contributed by atoms with Crippen LogP contribution < -0.4 is 0 Å². The van der Waals surface area contributed by atoms with Crippen LogP contribution in [0.5, 0.6) is 0 Å². The van der Waals surface area contributed by atoms with Crippen LogP contribution in [0.15, 0.2) is 54.9 Å². The molecule has 0 radical (unpaired) electrons. The predicted molar refractivity (Wildman–Crippen MR) is 83.8 cm³/mol. The van der Waals surface area contributed by atoms with Gasteiger partial charge in [0.15, 0.2) is 0 Å². The van der Waals surface area contributed by atoms with Crippen LogP contribution >= 0.6 is 0 Å². The van der Waals surface area contributed by atoms with Gasteiger partial charge in [-0.15, -0.1) is 0 Å². The maximum atomic E-state index is 10.1. The highest BCUT2D eigenvalue weighted by atomic mass is 16.3. The van der Waals surface area contributed by atoms with Crippen LogP contribution in [0, 0.1) is 0 Å². The van der Waals surface area contributed by atoms with Gasteiger partial charge in [-0.1, -0.05) is 36.4 Å². The first-order valence-corrected chi connectivity index (χ1v) is 7.61. The molecule has 3 heteroatoms. The van der Waals surface area contributed by atoms with Crippen LogP contribution in [0.25, 0.3) is 0 Å². The lowest BCUT2D eigenvalue weighted by Gasteiger charge is -2.37. The molecular formula is C18H22N2O. The molecule has 1 unspecified atom stereocenters. The van der Waals surface area contributed by atoms with E-state index in [4.69, 9.17) is 0 Å². The molecule has 1 saturated heterocycles. The monoisotopic (exact) mass is 282 g/mol. The summed E-state index contributed by atoms with van der Waals surface area (Å²) in [6.07, 6.45) is 6.83. The van der Waals surface area contributed by atoms with Crippen LogP contribution in [-0.2, 0) is 13.0 Å². The molecular weight excluding hydrogens is 260 g/mol. The SMILES string of the molecule is OCC1(Cc2ccccc2)CCCN1Cc1cccnc1. The third-order valence-corrected chi connectivity index (χ3v) is 4.51. The molecule has 0 bridgehead atoms. The summed E-state index contributed by atoms with van der Waals surface area (Å²) in [5, 5.41) is 10.1. The number of hydrogen-bond acceptors (Lipinski definition) is 3. The van der Waals surface area contributed by atoms with Gasteiger partial charge in [0.05, 0.1) is 6.61 Å². The summed E-state index contributed by atoms with van der Waals surface area (Å²) < 4.78 is 0. The van der Waals surface area contributed by atoms with Crippen LogP contribution in [0.2, 0.25) is 0 Å². The van der Waals surface area contributed by atoms with E-state index in [2.05, 4.69) is 40.2 Å². The van der Waals surface area contributed by atoms with E-state index in [1.165, 1.54) is 11.1 Å². The smallest absolute Gasteiger partial charge is 0.0618 e. The molecule has 0 saturated carbocycles. The largest absolute Gasteiger partial charge is 0.394 e. The van der Waals surface area contributed by atoms with Gasteiger partial charge >= 0.3 is 0 Å². The number of pyridine rings is 1. The van der Waals surface area contributed by atoms with Gasteiger partial charge in [0.1, 0.15) is 0 Å². The Morgan fingerprint density at radius 2 is 1.90 bits per heavy atom. The Morgan fingerprint density at radius 3 is 2.62 bits per heavy atom. The highest BCUT2D eigenvalue weighted by Gasteiger charge is 2.40. The first-order valence-electron chi connectivity index (χ1n) is 7.61. The van der Waals surface area contributed by atoms with Gasteiger partial charge in [0, 0.05) is 24.5 Å². The molecule has 1 atom stereocenters. The predicted octanol–water partition coefficient (Wildman–Crippen LogP) is 2.65. The minimum Gasteiger partial charge on any atom is -0.394 e. The number of hydrogen-bond donors (Lipinski definition) is 1. The zero-order valence-electron chi connectivity index (χ0n) is 12.3. The van der Waals surface area contributed by atoms with Gasteiger partial charge < -0.3 is 5.11 Å². The Hall–Kier alpha value is -1.71. The van der Waals surface area contributed by atoms with Crippen molar-refractivity contribution in [2.75, 3.05) is 13.2 Å². The fourth-order valence-electron chi connectivity index (χ4n) is 3.36. The van der Waals surface area contributed by atoms with Crippen molar-refractivity contribution in [3.8, 4) is 0 Å². The van der Waals surface area contributed by atoms with Crippen LogP contribution in [0.1, 0.15) is 24.0 Å². The third kappa shape index (κ3) is 3.14. The summed E-state index contributed by atoms with van der Waals surface area (Å²) in [6.45, 7) is 2.12. The molecule has 1 aromatic carbocycles. The van der Waals surface area contributed by atoms with Crippen molar-refractivity contribution in [3.63, 3.8) is 0 Å². The van der Waals surface area contributed by atoms with Crippen molar-refractivity contribution in [3.05, 3.63) is 66.0 Å². The lowest BCUT2D eigenvalue weighted by Crippen LogP contribution is -2.48. The van der Waals surface area contributed by atoms with E-state index in [-0.39, 0.29) is 12.1 Å². The Kier molecular flexibility index (Phi) is 4.32. The molecule has 3 rings (SSSR count). The van der Waals surface area contributed by atoms with E-state index in [9.17, 15) is 5.11 Å². The van der Waals surface area contributed by atoms with E-state index in [0.717, 1.165) is 32.4 Å². The van der Waals surface area contributed by atoms with Gasteiger partial charge in [-0.3, -0.25) is 9.88 Å². The second-order valence-electron chi connectivity index (χ2n) is 5.93. The zero-order chi connectivity index (χ0) is 14.5. The van der Waals surface area contributed by atoms with Gasteiger partial charge in [-0.2, -0.15) is 0 Å². The number of likely N-dealkylation sites (tertiary alicyclic amines) is 1. The van der Waals surface area contributed by atoms with Crippen molar-refractivity contribution in [2.45, 2.75) is 31.3 Å². The van der Waals surface area contributed by atoms with E-state index < -0.39 is 0 Å². The second-order valence-corrected chi connectivity index (χ2v) is 5.93. The molecule has 1 N–H and O–H groups in total. The quantitative estimate of drug-likeness (QED) is 0.916. The third-order valence-electron chi connectivity index (χ3n) is 4.51. The van der Waals surface area contributed by atoms with E-state index in [1.54, 1.807) is 6.20 Å². The van der Waals surface area contributed by atoms with Crippen molar-refractivity contribution < 1.29 is 5.11 Å². The molecule has 1 aliphatic heterocycles. The average molecular weight is 282 g/mol. The summed E-state index contributed by atoms with van der Waals surface area (Å²) in [4.78, 5) is 6.62. The number of rotatable bonds is 5. The molecule has 2 aromatic rings. The Balaban J connectivity index is 1.79. The van der Waals surface area contributed by atoms with Gasteiger partial charge in [-0.05, 0) is 43.0 Å². The molecule has 1 fully saturated rings. The van der Waals surface area contributed by atoms with Gasteiger partial charge in [-0.25, -0.2) is 0 Å². The minimum atomic E-state index is -0.128. The Labute approximate surface area is 126 Å². The van der Waals surface area contributed by atoms with Gasteiger partial charge in [0.25, 0.3) is 0 Å². The maximum Gasteiger partial charge on any atom is 0.0618 e. The Bertz CT molecular complexity index is 558. The molecule has 1 aliphatic rings. The van der Waals surface area contributed by atoms with Crippen molar-refractivity contribution in [2.24, 2.45) is 0 Å². The van der Waals surface area contributed by atoms with Crippen LogP contribution in [-0.4, -0.2) is 33.7 Å². The summed E-state index contributed by atoms with van der Waals surface area (Å²) in [6, 6.07) is 14.6. The topological polar surface area (TPSA) is 36.4 Å². The molecule has 0 amide bonds. The number of benzene rings is 1. The lowest BCUT2D eigenvalue weighted by molar-refractivity contribution is 0.0581. The number of aliphatic hydroxyl groups is 1. The van der Waals surface area contributed by atoms with Crippen molar-refractivity contribution >= 4 is 0 Å². The summed E-state index contributed by atoms with van der Waals surface area (Å²) in [5.41, 5.74) is 2.38. The summed E-state index contributed by atoms with van der Waals surface area (Å²) >= 11 is 0. The van der Waals surface area contributed by atoms with E-state index in [1.807, 2.05) is 18.3 Å². The highest BCUT2D eigenvalue weighted by Crippen LogP contribution is 2.33. The maximum absolute atomic E-state index is 10.1. The molecule has 0 spiro atoms. The lowest BCUT2D eigenvalue weighted by atomic mass is 9.88. The fraction of sp³-hybridized carbons (Fsp3) is 0.389. The van der Waals surface area contributed by atoms with E-state index in [0.29, 0.717) is 0 Å². The average Bonchev–Trinajstić information content (AvgIpc) is 2.92. The Morgan fingerprint density at radius 1 is 1.10 bits per heavy atom. The highest BCUT2D eigenvalue weighted by molar-refractivity contribution is 5.20. The molecule has 110 valence electrons. The number of aliphatic hydroxyl groups excluding tert-OH is 1. The van der Waals surface area contributed by atoms with Gasteiger partial charge in [0.2, 0.25) is 0 Å². The molecule has 3 nitrogen and oxygen atoms in total. The second kappa shape index (κ2) is 6.37. The zero-order valence-corrected chi connectivity index (χ0v) is 12.3. The summed E-state index contributed by atoms with van der Waals surface area (Å²) in [7, 11) is 0. The van der Waals surface area contributed by atoms with Crippen molar-refractivity contribution in [1.82, 2.24) is 9.88 Å². The normalized spacial score (nSPS) is 22.5. The molecule has 1 aromatic heterocycles. The molecule has 0 aliphatic carbocycles. The number of nitrogens with zero attached hydrogens (tertiary/aromatic N) is 2. The molecule has 21 heavy (non-hydrogen) atoms. The first kappa shape index (κ1) is 14.2. The van der Waals surface area contributed by atoms with Crippen LogP contribution in [0.3, 0.4) is 0 Å². The molecule has 2 heterocycles. The van der Waals surface area contributed by atoms with E-state index >= 15 is 0 Å². The summed E-state index contributed by atoms with van der Waals surface area (Å²) in [5.74, 6) is 0. The first-order chi connectivity index (χ1) is 10.3.